The van der Waals surface area contributed by atoms with Crippen molar-refractivity contribution in [1.82, 2.24) is 14.7 Å². The van der Waals surface area contributed by atoms with E-state index in [2.05, 4.69) is 41.8 Å². The van der Waals surface area contributed by atoms with E-state index in [0.717, 1.165) is 0 Å². The molecule has 1 aliphatic rings. The molecule has 0 unspecified atom stereocenters. The standard InChI is InChI=1S/C16H22Br2N4O3/c1-15(2,3)25-14(23)21-8-9(7-10(21)16(4,5)24)22-13(18)11(19-6)12(17)20-22/h9-10,24H,7-8H2,1-5H3/t9-,10+/m0/s1. The Morgan fingerprint density at radius 1 is 1.36 bits per heavy atom. The van der Waals surface area contributed by atoms with E-state index in [1.807, 2.05) is 0 Å². The summed E-state index contributed by atoms with van der Waals surface area (Å²) in [5.74, 6) is 0. The number of hydrogen-bond donors (Lipinski definition) is 1. The van der Waals surface area contributed by atoms with Crippen molar-refractivity contribution in [3.05, 3.63) is 20.6 Å². The van der Waals surface area contributed by atoms with Gasteiger partial charge in [-0.2, -0.15) is 5.10 Å². The lowest BCUT2D eigenvalue weighted by Crippen LogP contribution is -2.49. The van der Waals surface area contributed by atoms with Crippen LogP contribution in [0.2, 0.25) is 0 Å². The number of halogens is 2. The van der Waals surface area contributed by atoms with Crippen LogP contribution in [0.15, 0.2) is 9.21 Å². The number of hydrogen-bond acceptors (Lipinski definition) is 4. The van der Waals surface area contributed by atoms with E-state index >= 15 is 0 Å². The fourth-order valence-corrected chi connectivity index (χ4v) is 4.26. The molecule has 0 radical (unpaired) electrons. The molecule has 1 aromatic rings. The third kappa shape index (κ3) is 4.36. The molecular weight excluding hydrogens is 456 g/mol. The number of amides is 1. The number of ether oxygens (including phenoxy) is 1. The molecule has 0 spiro atoms. The molecule has 9 heteroatoms. The molecule has 0 saturated carbocycles. The van der Waals surface area contributed by atoms with Crippen LogP contribution < -0.4 is 0 Å². The lowest BCUT2D eigenvalue weighted by molar-refractivity contribution is -0.0240. The van der Waals surface area contributed by atoms with Crippen molar-refractivity contribution in [2.45, 2.75) is 64.3 Å². The average molecular weight is 478 g/mol. The van der Waals surface area contributed by atoms with Crippen LogP contribution in [0.25, 0.3) is 4.85 Å². The summed E-state index contributed by atoms with van der Waals surface area (Å²) in [6, 6.07) is -0.594. The minimum atomic E-state index is -1.09. The first-order valence-electron chi connectivity index (χ1n) is 7.88. The van der Waals surface area contributed by atoms with Gasteiger partial charge in [0.05, 0.1) is 24.3 Å². The van der Waals surface area contributed by atoms with Crippen LogP contribution in [0, 0.1) is 6.57 Å². The first-order valence-corrected chi connectivity index (χ1v) is 9.46. The molecule has 1 saturated heterocycles. The van der Waals surface area contributed by atoms with Crippen molar-refractivity contribution in [1.29, 1.82) is 0 Å². The predicted octanol–water partition coefficient (Wildman–Crippen LogP) is 4.28. The molecule has 2 heterocycles. The second-order valence-corrected chi connectivity index (χ2v) is 9.18. The zero-order valence-corrected chi connectivity index (χ0v) is 18.0. The fraction of sp³-hybridized carbons (Fsp3) is 0.688. The van der Waals surface area contributed by atoms with E-state index in [-0.39, 0.29) is 6.04 Å². The second kappa shape index (κ2) is 6.89. The summed E-state index contributed by atoms with van der Waals surface area (Å²) in [6.07, 6.45) is 0.0438. The van der Waals surface area contributed by atoms with Gasteiger partial charge in [0.15, 0.2) is 0 Å². The molecule has 25 heavy (non-hydrogen) atoms. The van der Waals surface area contributed by atoms with E-state index in [4.69, 9.17) is 11.3 Å². The molecule has 1 N–H and O–H groups in total. The van der Waals surface area contributed by atoms with Gasteiger partial charge in [-0.1, -0.05) is 0 Å². The second-order valence-electron chi connectivity index (χ2n) is 7.68. The molecule has 1 amide bonds. The van der Waals surface area contributed by atoms with Gasteiger partial charge in [0, 0.05) is 6.54 Å². The molecule has 0 aliphatic carbocycles. The quantitative estimate of drug-likeness (QED) is 0.645. The lowest BCUT2D eigenvalue weighted by Gasteiger charge is -2.34. The van der Waals surface area contributed by atoms with Gasteiger partial charge in [0.1, 0.15) is 14.8 Å². The molecule has 7 nitrogen and oxygen atoms in total. The Hall–Kier alpha value is -1.11. The molecule has 2 atom stereocenters. The topological polar surface area (TPSA) is 72.0 Å². The van der Waals surface area contributed by atoms with Gasteiger partial charge in [-0.3, -0.25) is 4.68 Å². The largest absolute Gasteiger partial charge is 0.444 e. The minimum Gasteiger partial charge on any atom is -0.444 e. The van der Waals surface area contributed by atoms with Crippen LogP contribution in [0.5, 0.6) is 0 Å². The van der Waals surface area contributed by atoms with Crippen LogP contribution in [-0.2, 0) is 4.74 Å². The molecular formula is C16H22Br2N4O3. The first kappa shape index (κ1) is 20.2. The Kier molecular flexibility index (Phi) is 5.57. The van der Waals surface area contributed by atoms with Crippen molar-refractivity contribution >= 4 is 43.6 Å². The average Bonchev–Trinajstić information content (AvgIpc) is 2.98. The molecule has 1 aliphatic heterocycles. The third-order valence-electron chi connectivity index (χ3n) is 3.97. The lowest BCUT2D eigenvalue weighted by atomic mass is 9.96. The van der Waals surface area contributed by atoms with Gasteiger partial charge >= 0.3 is 6.09 Å². The maximum atomic E-state index is 12.6. The maximum absolute atomic E-state index is 12.6. The number of rotatable bonds is 2. The fourth-order valence-electron chi connectivity index (χ4n) is 2.90. The van der Waals surface area contributed by atoms with Crippen LogP contribution in [0.4, 0.5) is 10.5 Å². The highest BCUT2D eigenvalue weighted by Crippen LogP contribution is 2.40. The van der Waals surface area contributed by atoms with E-state index in [1.54, 1.807) is 44.2 Å². The Bertz CT molecular complexity index is 713. The molecule has 2 rings (SSSR count). The Morgan fingerprint density at radius 3 is 2.40 bits per heavy atom. The van der Waals surface area contributed by atoms with Crippen LogP contribution >= 0.6 is 31.9 Å². The highest BCUT2D eigenvalue weighted by Gasteiger charge is 2.45. The summed E-state index contributed by atoms with van der Waals surface area (Å²) >= 11 is 6.69. The Morgan fingerprint density at radius 2 is 1.96 bits per heavy atom. The van der Waals surface area contributed by atoms with Gasteiger partial charge in [-0.15, -0.1) is 0 Å². The number of aliphatic hydroxyl groups is 1. The first-order chi connectivity index (χ1) is 11.3. The predicted molar refractivity (Wildman–Crippen MR) is 101 cm³/mol. The molecule has 1 aromatic heterocycles. The van der Waals surface area contributed by atoms with Crippen molar-refractivity contribution in [2.24, 2.45) is 0 Å². The maximum Gasteiger partial charge on any atom is 0.410 e. The zero-order chi connectivity index (χ0) is 19.2. The summed E-state index contributed by atoms with van der Waals surface area (Å²) in [6.45, 7) is 16.4. The van der Waals surface area contributed by atoms with E-state index in [1.165, 1.54) is 0 Å². The van der Waals surface area contributed by atoms with Gasteiger partial charge in [0.2, 0.25) is 0 Å². The van der Waals surface area contributed by atoms with Crippen molar-refractivity contribution in [2.75, 3.05) is 6.54 Å². The third-order valence-corrected chi connectivity index (χ3v) is 5.24. The highest BCUT2D eigenvalue weighted by atomic mass is 79.9. The Labute approximate surface area is 164 Å². The van der Waals surface area contributed by atoms with Gasteiger partial charge in [-0.05, 0) is 72.9 Å². The molecule has 0 bridgehead atoms. The van der Waals surface area contributed by atoms with Gasteiger partial charge < -0.3 is 14.7 Å². The number of aromatic nitrogens is 2. The van der Waals surface area contributed by atoms with Crippen LogP contribution in [0.3, 0.4) is 0 Å². The van der Waals surface area contributed by atoms with Crippen LogP contribution in [-0.4, -0.2) is 49.7 Å². The monoisotopic (exact) mass is 476 g/mol. The number of nitrogens with zero attached hydrogens (tertiary/aromatic N) is 4. The van der Waals surface area contributed by atoms with Crippen molar-refractivity contribution < 1.29 is 14.6 Å². The molecule has 0 aromatic carbocycles. The summed E-state index contributed by atoms with van der Waals surface area (Å²) < 4.78 is 8.17. The number of carbonyl (C=O) groups is 1. The SMILES string of the molecule is [C-]#[N+]c1c(Br)nn([C@H]2C[C@H](C(C)(C)O)N(C(=O)OC(C)(C)C)C2)c1Br. The van der Waals surface area contributed by atoms with E-state index < -0.39 is 23.3 Å². The number of carbonyl (C=O) groups excluding carboxylic acids is 1. The smallest absolute Gasteiger partial charge is 0.410 e. The molecule has 138 valence electrons. The normalized spacial score (nSPS) is 21.3. The van der Waals surface area contributed by atoms with Gasteiger partial charge in [0.25, 0.3) is 5.69 Å². The highest BCUT2D eigenvalue weighted by molar-refractivity contribution is 9.11. The summed E-state index contributed by atoms with van der Waals surface area (Å²) in [4.78, 5) is 17.6. The summed E-state index contributed by atoms with van der Waals surface area (Å²) in [5.41, 5.74) is -1.33. The van der Waals surface area contributed by atoms with Crippen LogP contribution in [0.1, 0.15) is 47.1 Å². The molecule has 1 fully saturated rings. The van der Waals surface area contributed by atoms with Gasteiger partial charge in [-0.25, -0.2) is 9.64 Å². The Balaban J connectivity index is 2.34. The minimum absolute atomic E-state index is 0.176. The van der Waals surface area contributed by atoms with Crippen molar-refractivity contribution in [3.63, 3.8) is 0 Å². The van der Waals surface area contributed by atoms with E-state index in [9.17, 15) is 9.90 Å². The summed E-state index contributed by atoms with van der Waals surface area (Å²) in [7, 11) is 0. The zero-order valence-electron chi connectivity index (χ0n) is 14.9. The number of likely N-dealkylation sites (tertiary alicyclic amines) is 1. The summed E-state index contributed by atoms with van der Waals surface area (Å²) in [5, 5.41) is 14.9. The van der Waals surface area contributed by atoms with Crippen molar-refractivity contribution in [3.8, 4) is 0 Å². The van der Waals surface area contributed by atoms with E-state index in [0.29, 0.717) is 27.9 Å².